The zero-order valence-corrected chi connectivity index (χ0v) is 19.6. The second-order valence-corrected chi connectivity index (χ2v) is 6.74. The average Bonchev–Trinajstić information content (AvgIpc) is 3.30. The number of rotatable bonds is 4. The van der Waals surface area contributed by atoms with Crippen LogP contribution in [-0.4, -0.2) is 37.1 Å². The first kappa shape index (κ1) is 24.0. The van der Waals surface area contributed by atoms with Gasteiger partial charge in [-0.05, 0) is 18.0 Å². The van der Waals surface area contributed by atoms with E-state index in [2.05, 4.69) is 21.7 Å². The van der Waals surface area contributed by atoms with E-state index < -0.39 is 6.10 Å². The molecule has 0 radical (unpaired) electrons. The Morgan fingerprint density at radius 2 is 2.00 bits per heavy atom. The molecule has 2 atom stereocenters. The Balaban J connectivity index is 0.000000212. The number of aromatic nitrogens is 1. The van der Waals surface area contributed by atoms with E-state index in [1.165, 1.54) is 10.9 Å². The number of aryl methyl sites for hydroxylation is 1. The van der Waals surface area contributed by atoms with Crippen molar-refractivity contribution >= 4 is 16.7 Å². The Morgan fingerprint density at radius 3 is 2.63 bits per heavy atom. The molecule has 0 spiro atoms. The zero-order valence-electron chi connectivity index (χ0n) is 17.0. The van der Waals surface area contributed by atoms with Gasteiger partial charge in [0.1, 0.15) is 0 Å². The quantitative estimate of drug-likeness (QED) is 0.475. The van der Waals surface area contributed by atoms with Crippen LogP contribution in [0.3, 0.4) is 0 Å². The zero-order chi connectivity index (χ0) is 21.8. The first-order valence-corrected chi connectivity index (χ1v) is 10.6. The minimum absolute atomic E-state index is 0.0826. The molecule has 1 fully saturated rings. The summed E-state index contributed by atoms with van der Waals surface area (Å²) in [5.74, 6) is -0.0826. The summed E-state index contributed by atoms with van der Waals surface area (Å²) in [6, 6.07) is 18.8. The predicted octanol–water partition coefficient (Wildman–Crippen LogP) is 3.86. The standard InChI is InChI=1S/C13H17N2O2.C10H8N.O.Os/c1-17-12(10-5-3-2-4-6-10)13(16)15-11-7-8-14-9-11;1-8-6-11-7-9-4-2-3-5-10(8)9;;/h2-6,11-12H,7-9H2,1H3,(H,15,16);2-4,6-7H,1H3;;/q2*-1;;/t11-,12?;;;/m0.../s1. The third-order valence-corrected chi connectivity index (χ3v) is 4.67. The van der Waals surface area contributed by atoms with Gasteiger partial charge in [0.25, 0.3) is 5.91 Å². The normalized spacial score (nSPS) is 15.9. The fourth-order valence-electron chi connectivity index (χ4n) is 3.20. The Bertz CT molecular complexity index is 912. The van der Waals surface area contributed by atoms with Gasteiger partial charge in [0, 0.05) is 13.2 Å². The van der Waals surface area contributed by atoms with Crippen LogP contribution >= 0.6 is 0 Å². The second-order valence-electron chi connectivity index (χ2n) is 6.74. The number of carbonyl (C=O) groups is 1. The van der Waals surface area contributed by atoms with E-state index in [9.17, 15) is 4.79 Å². The molecule has 2 heterocycles. The molecule has 7 heteroatoms. The van der Waals surface area contributed by atoms with Gasteiger partial charge in [-0.2, -0.15) is 0 Å². The van der Waals surface area contributed by atoms with E-state index in [-0.39, 0.29) is 11.9 Å². The molecule has 6 nitrogen and oxygen atoms in total. The molecular weight excluding hydrogens is 557 g/mol. The maximum absolute atomic E-state index is 12.1. The first-order chi connectivity index (χ1) is 14.7. The van der Waals surface area contributed by atoms with Crippen molar-refractivity contribution in [3.05, 3.63) is 83.4 Å². The van der Waals surface area contributed by atoms with Crippen LogP contribution in [0.1, 0.15) is 23.7 Å². The third kappa shape index (κ3) is 6.88. The summed E-state index contributed by atoms with van der Waals surface area (Å²) in [5.41, 5.74) is 2.06. The molecule has 1 unspecified atom stereocenters. The summed E-state index contributed by atoms with van der Waals surface area (Å²) < 4.78 is 13.5. The fraction of sp³-hybridized carbons (Fsp3) is 0.304. The van der Waals surface area contributed by atoms with Crippen molar-refractivity contribution < 1.29 is 31.6 Å². The molecule has 1 aliphatic heterocycles. The Morgan fingerprint density at radius 1 is 1.23 bits per heavy atom. The molecule has 30 heavy (non-hydrogen) atoms. The van der Waals surface area contributed by atoms with Gasteiger partial charge in [0.05, 0.1) is 0 Å². The molecule has 0 aliphatic carbocycles. The van der Waals surface area contributed by atoms with Crippen molar-refractivity contribution in [3.8, 4) is 0 Å². The van der Waals surface area contributed by atoms with Gasteiger partial charge in [-0.15, -0.1) is 48.3 Å². The van der Waals surface area contributed by atoms with Crippen LogP contribution in [0.25, 0.3) is 16.1 Å². The van der Waals surface area contributed by atoms with Crippen molar-refractivity contribution in [3.63, 3.8) is 0 Å². The molecule has 2 aromatic carbocycles. The van der Waals surface area contributed by atoms with Crippen LogP contribution in [0.2, 0.25) is 0 Å². The van der Waals surface area contributed by atoms with Crippen LogP contribution in [0.15, 0.2) is 60.9 Å². The number of nitrogens with one attached hydrogen (secondary N) is 1. The number of carbonyl (C=O) groups excluding carboxylic acids is 1. The number of fused-ring (bicyclic) bond motifs is 1. The third-order valence-electron chi connectivity index (χ3n) is 4.67. The van der Waals surface area contributed by atoms with Crippen LogP contribution < -0.4 is 5.32 Å². The number of hydrogen-bond donors (Lipinski definition) is 1. The summed E-state index contributed by atoms with van der Waals surface area (Å²) in [5, 5.41) is 9.52. The van der Waals surface area contributed by atoms with Gasteiger partial charge in [-0.3, -0.25) is 9.78 Å². The van der Waals surface area contributed by atoms with Gasteiger partial charge in [-0.25, -0.2) is 0 Å². The molecule has 1 amide bonds. The first-order valence-electron chi connectivity index (χ1n) is 9.56. The van der Waals surface area contributed by atoms with Crippen molar-refractivity contribution in [1.82, 2.24) is 10.3 Å². The molecule has 1 aliphatic rings. The molecule has 1 aromatic heterocycles. The summed E-state index contributed by atoms with van der Waals surface area (Å²) >= 11 is 0.611. The molecule has 0 saturated carbocycles. The molecule has 3 aromatic rings. The topological polar surface area (TPSA) is 82.4 Å². The van der Waals surface area contributed by atoms with Crippen LogP contribution in [0.4, 0.5) is 0 Å². The summed E-state index contributed by atoms with van der Waals surface area (Å²) in [6.45, 7) is 3.61. The molecule has 4 rings (SSSR count). The van der Waals surface area contributed by atoms with Crippen molar-refractivity contribution in [1.29, 1.82) is 0 Å². The number of benzene rings is 2. The molecule has 160 valence electrons. The predicted molar refractivity (Wildman–Crippen MR) is 112 cm³/mol. The summed E-state index contributed by atoms with van der Waals surface area (Å²) in [7, 11) is 1.55. The van der Waals surface area contributed by atoms with E-state index in [0.717, 1.165) is 30.5 Å². The van der Waals surface area contributed by atoms with Crippen LogP contribution in [0.5, 0.6) is 0 Å². The van der Waals surface area contributed by atoms with Crippen molar-refractivity contribution in [2.24, 2.45) is 0 Å². The van der Waals surface area contributed by atoms with E-state index >= 15 is 0 Å². The Kier molecular flexibility index (Phi) is 10.4. The summed E-state index contributed by atoms with van der Waals surface area (Å²) in [4.78, 5) is 16.1. The molecule has 1 saturated heterocycles. The van der Waals surface area contributed by atoms with Crippen molar-refractivity contribution in [2.75, 3.05) is 20.2 Å². The maximum atomic E-state index is 12.1. The fourth-order valence-corrected chi connectivity index (χ4v) is 3.20. The minimum atomic E-state index is -0.531. The van der Waals surface area contributed by atoms with Gasteiger partial charge in [0.2, 0.25) is 0 Å². The number of methoxy groups -OCH3 is 1. The SMILES string of the molecule is COC(C(=O)N[C@H]1CC[N-]C1)c1ccccc1.Cc1cncc2ccc[c-]c12.[O]=[Os]. The second kappa shape index (κ2) is 13.1. The number of ether oxygens (including phenoxy) is 1. The average molecular weight is 582 g/mol. The van der Waals surface area contributed by atoms with E-state index in [0.29, 0.717) is 18.6 Å². The van der Waals surface area contributed by atoms with Gasteiger partial charge in [0.15, 0.2) is 6.10 Å². The van der Waals surface area contributed by atoms with E-state index in [4.69, 9.17) is 8.28 Å². The van der Waals surface area contributed by atoms with Gasteiger partial charge in [-0.1, -0.05) is 49.1 Å². The van der Waals surface area contributed by atoms with Gasteiger partial charge >= 0.3 is 22.1 Å². The Hall–Kier alpha value is -2.32. The number of hydrogen-bond acceptors (Lipinski definition) is 4. The monoisotopic (exact) mass is 583 g/mol. The molecule has 1 N–H and O–H groups in total. The van der Waals surface area contributed by atoms with Crippen LogP contribution in [-0.2, 0) is 31.6 Å². The summed E-state index contributed by atoms with van der Waals surface area (Å²) in [6.07, 6.45) is 4.12. The van der Waals surface area contributed by atoms with E-state index in [1.54, 1.807) is 7.11 Å². The van der Waals surface area contributed by atoms with Gasteiger partial charge < -0.3 is 15.4 Å². The number of nitrogens with zero attached hydrogens (tertiary/aromatic N) is 2. The molecular formula is C23H25N3O3Os-2. The van der Waals surface area contributed by atoms with Crippen molar-refractivity contribution in [2.45, 2.75) is 25.5 Å². The number of amides is 1. The number of pyridine rings is 1. The Labute approximate surface area is 187 Å². The van der Waals surface area contributed by atoms with Crippen LogP contribution in [0, 0.1) is 13.0 Å². The molecule has 0 bridgehead atoms. The van der Waals surface area contributed by atoms with E-state index in [1.807, 2.05) is 67.8 Å².